The average molecular weight is 258 g/mol. The molecule has 1 N–H and O–H groups in total. The van der Waals surface area contributed by atoms with Gasteiger partial charge in [-0.25, -0.2) is 4.79 Å². The largest absolute Gasteiger partial charge is 0.450 e. The van der Waals surface area contributed by atoms with E-state index in [2.05, 4.69) is 5.32 Å². The Hall–Kier alpha value is -1.30. The van der Waals surface area contributed by atoms with Gasteiger partial charge in [-0.05, 0) is 12.8 Å². The van der Waals surface area contributed by atoms with Crippen molar-refractivity contribution in [3.8, 4) is 0 Å². The summed E-state index contributed by atoms with van der Waals surface area (Å²) in [5, 5.41) is 2.62. The Morgan fingerprint density at radius 1 is 1.33 bits per heavy atom. The molecule has 6 heteroatoms. The first kappa shape index (κ1) is 14.8. The maximum absolute atomic E-state index is 12.3. The molecule has 0 radical (unpaired) electrons. The number of carbonyl (C=O) groups is 2. The van der Waals surface area contributed by atoms with Gasteiger partial charge >= 0.3 is 6.09 Å². The van der Waals surface area contributed by atoms with E-state index in [1.54, 1.807) is 11.8 Å². The first-order valence-corrected chi connectivity index (χ1v) is 6.36. The predicted molar refractivity (Wildman–Crippen MR) is 66.2 cm³/mol. The van der Waals surface area contributed by atoms with E-state index in [1.807, 2.05) is 13.8 Å². The van der Waals surface area contributed by atoms with Crippen LogP contribution in [0.15, 0.2) is 0 Å². The summed E-state index contributed by atoms with van der Waals surface area (Å²) in [7, 11) is 0. The molecule has 1 atom stereocenters. The fourth-order valence-corrected chi connectivity index (χ4v) is 1.79. The molecule has 1 aliphatic rings. The zero-order valence-corrected chi connectivity index (χ0v) is 11.3. The molecule has 1 rings (SSSR count). The van der Waals surface area contributed by atoms with E-state index in [4.69, 9.17) is 9.47 Å². The van der Waals surface area contributed by atoms with Crippen LogP contribution in [0, 0.1) is 5.92 Å². The first-order valence-electron chi connectivity index (χ1n) is 6.36. The maximum Gasteiger partial charge on any atom is 0.407 e. The highest BCUT2D eigenvalue weighted by Gasteiger charge is 2.29. The molecular weight excluding hydrogens is 236 g/mol. The quantitative estimate of drug-likeness (QED) is 0.802. The van der Waals surface area contributed by atoms with E-state index in [1.165, 1.54) is 0 Å². The monoisotopic (exact) mass is 258 g/mol. The number of morpholine rings is 1. The van der Waals surface area contributed by atoms with Crippen LogP contribution in [0.5, 0.6) is 0 Å². The number of nitrogens with one attached hydrogen (secondary N) is 1. The van der Waals surface area contributed by atoms with E-state index < -0.39 is 12.1 Å². The number of ether oxygens (including phenoxy) is 2. The molecule has 104 valence electrons. The lowest BCUT2D eigenvalue weighted by molar-refractivity contribution is -0.138. The third kappa shape index (κ3) is 4.18. The van der Waals surface area contributed by atoms with Crippen LogP contribution in [0.2, 0.25) is 0 Å². The van der Waals surface area contributed by atoms with Gasteiger partial charge in [0.15, 0.2) is 0 Å². The van der Waals surface area contributed by atoms with Crippen LogP contribution in [0.4, 0.5) is 4.79 Å². The van der Waals surface area contributed by atoms with Crippen LogP contribution in [0.25, 0.3) is 0 Å². The first-order chi connectivity index (χ1) is 8.56. The van der Waals surface area contributed by atoms with Crippen molar-refractivity contribution in [2.24, 2.45) is 5.92 Å². The molecule has 1 fully saturated rings. The molecule has 0 aromatic heterocycles. The van der Waals surface area contributed by atoms with Crippen molar-refractivity contribution >= 4 is 12.0 Å². The second-order valence-corrected chi connectivity index (χ2v) is 4.52. The molecule has 18 heavy (non-hydrogen) atoms. The zero-order chi connectivity index (χ0) is 13.5. The topological polar surface area (TPSA) is 67.9 Å². The number of hydrogen-bond donors (Lipinski definition) is 1. The van der Waals surface area contributed by atoms with Gasteiger partial charge in [-0.2, -0.15) is 0 Å². The molecule has 0 saturated carbocycles. The van der Waals surface area contributed by atoms with Crippen molar-refractivity contribution in [1.82, 2.24) is 10.2 Å². The Balaban J connectivity index is 2.59. The molecule has 0 aliphatic carbocycles. The normalized spacial score (nSPS) is 17.4. The Labute approximate surface area is 108 Å². The van der Waals surface area contributed by atoms with Crippen molar-refractivity contribution < 1.29 is 19.1 Å². The maximum atomic E-state index is 12.3. The van der Waals surface area contributed by atoms with Crippen molar-refractivity contribution in [3.05, 3.63) is 0 Å². The summed E-state index contributed by atoms with van der Waals surface area (Å²) in [4.78, 5) is 25.4. The molecular formula is C12H22N2O4. The lowest BCUT2D eigenvalue weighted by Gasteiger charge is -2.32. The summed E-state index contributed by atoms with van der Waals surface area (Å²) >= 11 is 0. The average Bonchev–Trinajstić information content (AvgIpc) is 2.36. The van der Waals surface area contributed by atoms with Gasteiger partial charge in [0, 0.05) is 13.1 Å². The molecule has 0 spiro atoms. The van der Waals surface area contributed by atoms with E-state index in [9.17, 15) is 9.59 Å². The van der Waals surface area contributed by atoms with E-state index in [-0.39, 0.29) is 11.8 Å². The fourth-order valence-electron chi connectivity index (χ4n) is 1.79. The minimum Gasteiger partial charge on any atom is -0.450 e. The van der Waals surface area contributed by atoms with Gasteiger partial charge in [0.05, 0.1) is 19.8 Å². The summed E-state index contributed by atoms with van der Waals surface area (Å²) in [5.41, 5.74) is 0. The van der Waals surface area contributed by atoms with Gasteiger partial charge in [-0.1, -0.05) is 13.8 Å². The highest BCUT2D eigenvalue weighted by molar-refractivity contribution is 5.86. The Kier molecular flexibility index (Phi) is 5.91. The van der Waals surface area contributed by atoms with Crippen molar-refractivity contribution in [2.45, 2.75) is 26.8 Å². The second-order valence-electron chi connectivity index (χ2n) is 4.52. The number of hydrogen-bond acceptors (Lipinski definition) is 4. The number of nitrogens with zero attached hydrogens (tertiary/aromatic N) is 1. The SMILES string of the molecule is CCOC(=O)N[C@@H](C(=O)N1CCOCC1)C(C)C. The molecule has 1 saturated heterocycles. The van der Waals surface area contributed by atoms with Crippen LogP contribution < -0.4 is 5.32 Å². The molecule has 0 aromatic rings. The minimum absolute atomic E-state index is 0.0183. The van der Waals surface area contributed by atoms with Crippen molar-refractivity contribution in [1.29, 1.82) is 0 Å². The van der Waals surface area contributed by atoms with Crippen LogP contribution in [0.3, 0.4) is 0 Å². The molecule has 2 amide bonds. The molecule has 0 unspecified atom stereocenters. The Bertz CT molecular complexity index is 288. The fraction of sp³-hybridized carbons (Fsp3) is 0.833. The molecule has 6 nitrogen and oxygen atoms in total. The van der Waals surface area contributed by atoms with Crippen LogP contribution in [-0.4, -0.2) is 55.9 Å². The van der Waals surface area contributed by atoms with E-state index in [0.717, 1.165) is 0 Å². The zero-order valence-electron chi connectivity index (χ0n) is 11.3. The highest BCUT2D eigenvalue weighted by Crippen LogP contribution is 2.08. The van der Waals surface area contributed by atoms with Gasteiger partial charge in [-0.15, -0.1) is 0 Å². The van der Waals surface area contributed by atoms with Gasteiger partial charge in [-0.3, -0.25) is 4.79 Å². The summed E-state index contributed by atoms with van der Waals surface area (Å²) < 4.78 is 10.0. The summed E-state index contributed by atoms with van der Waals surface area (Å²) in [6, 6.07) is -0.540. The summed E-state index contributed by atoms with van der Waals surface area (Å²) in [6.45, 7) is 8.08. The van der Waals surface area contributed by atoms with Gasteiger partial charge in [0.1, 0.15) is 6.04 Å². The smallest absolute Gasteiger partial charge is 0.407 e. The van der Waals surface area contributed by atoms with Gasteiger partial charge in [0.2, 0.25) is 5.91 Å². The lowest BCUT2D eigenvalue weighted by atomic mass is 10.0. The van der Waals surface area contributed by atoms with Gasteiger partial charge < -0.3 is 19.7 Å². The van der Waals surface area contributed by atoms with Crippen molar-refractivity contribution in [3.63, 3.8) is 0 Å². The molecule has 0 aromatic carbocycles. The molecule has 1 aliphatic heterocycles. The van der Waals surface area contributed by atoms with Crippen molar-refractivity contribution in [2.75, 3.05) is 32.9 Å². The van der Waals surface area contributed by atoms with E-state index >= 15 is 0 Å². The number of alkyl carbamates (subject to hydrolysis) is 1. The second kappa shape index (κ2) is 7.20. The molecule has 1 heterocycles. The van der Waals surface area contributed by atoms with Gasteiger partial charge in [0.25, 0.3) is 0 Å². The highest BCUT2D eigenvalue weighted by atomic mass is 16.5. The number of amides is 2. The summed E-state index contributed by atoms with van der Waals surface area (Å²) in [5.74, 6) is -0.0499. The minimum atomic E-state index is -0.544. The third-order valence-electron chi connectivity index (χ3n) is 2.80. The molecule has 0 bridgehead atoms. The van der Waals surface area contributed by atoms with Crippen LogP contribution in [0.1, 0.15) is 20.8 Å². The van der Waals surface area contributed by atoms with E-state index in [0.29, 0.717) is 32.9 Å². The Morgan fingerprint density at radius 3 is 2.44 bits per heavy atom. The standard InChI is InChI=1S/C12H22N2O4/c1-4-18-12(16)13-10(9(2)3)11(15)14-5-7-17-8-6-14/h9-10H,4-8H2,1-3H3,(H,13,16)/t10-/m1/s1. The predicted octanol–water partition coefficient (Wildman–Crippen LogP) is 0.616. The van der Waals surface area contributed by atoms with Crippen LogP contribution in [-0.2, 0) is 14.3 Å². The number of carbonyl (C=O) groups excluding carboxylic acids is 2. The number of rotatable bonds is 4. The third-order valence-corrected chi connectivity index (χ3v) is 2.80. The Morgan fingerprint density at radius 2 is 1.94 bits per heavy atom. The lowest BCUT2D eigenvalue weighted by Crippen LogP contribution is -2.53. The summed E-state index contributed by atoms with van der Waals surface area (Å²) in [6.07, 6.45) is -0.544. The van der Waals surface area contributed by atoms with Crippen LogP contribution >= 0.6 is 0 Å².